The minimum absolute atomic E-state index is 0.414. The molecule has 2 N–H and O–H groups in total. The second kappa shape index (κ2) is 6.82. The van der Waals surface area contributed by atoms with Gasteiger partial charge in [0.15, 0.2) is 0 Å². The van der Waals surface area contributed by atoms with Gasteiger partial charge in [-0.25, -0.2) is 0 Å². The number of hydrogen-bond acceptors (Lipinski definition) is 5. The van der Waals surface area contributed by atoms with E-state index in [-0.39, 0.29) is 0 Å². The van der Waals surface area contributed by atoms with Crippen molar-refractivity contribution in [2.45, 2.75) is 37.3 Å². The molecule has 0 aliphatic carbocycles. The van der Waals surface area contributed by atoms with Crippen LogP contribution in [0.2, 0.25) is 0 Å². The van der Waals surface area contributed by atoms with Crippen LogP contribution in [-0.4, -0.2) is 48.5 Å². The highest BCUT2D eigenvalue weighted by atomic mass is 28.4. The third kappa shape index (κ3) is 2.89. The van der Waals surface area contributed by atoms with Crippen LogP contribution in [0.1, 0.15) is 32.1 Å². The van der Waals surface area contributed by atoms with E-state index in [1.807, 2.05) is 0 Å². The van der Waals surface area contributed by atoms with Crippen LogP contribution in [0.25, 0.3) is 0 Å². The van der Waals surface area contributed by atoms with E-state index in [1.165, 1.54) is 0 Å². The van der Waals surface area contributed by atoms with Gasteiger partial charge in [-0.2, -0.15) is 0 Å². The first-order chi connectivity index (χ1) is 8.20. The summed E-state index contributed by atoms with van der Waals surface area (Å²) < 4.78 is 22.9. The fourth-order valence-electron chi connectivity index (χ4n) is 2.64. The summed E-state index contributed by atoms with van der Waals surface area (Å²) in [6.45, 7) is 1.39. The van der Waals surface area contributed by atoms with Crippen molar-refractivity contribution < 1.29 is 18.0 Å². The third-order valence-corrected chi connectivity index (χ3v) is 6.87. The van der Waals surface area contributed by atoms with Gasteiger partial charge in [0.25, 0.3) is 0 Å². The first kappa shape index (κ1) is 15.1. The largest absolute Gasteiger partial charge is 0.533 e. The maximum Gasteiger partial charge on any atom is 0.533 e. The van der Waals surface area contributed by atoms with Gasteiger partial charge < -0.3 is 23.7 Å². The molecule has 17 heavy (non-hydrogen) atoms. The van der Waals surface area contributed by atoms with Gasteiger partial charge in [0.2, 0.25) is 0 Å². The van der Waals surface area contributed by atoms with E-state index in [0.29, 0.717) is 6.54 Å². The fraction of sp³-hybridized carbons (Fsp3) is 1.00. The Kier molecular flexibility index (Phi) is 6.05. The SMILES string of the molecule is CO[Si](OC)(OC)C1(CCCN)CCCCO1. The molecule has 0 saturated carbocycles. The van der Waals surface area contributed by atoms with Crippen LogP contribution in [0.15, 0.2) is 0 Å². The summed E-state index contributed by atoms with van der Waals surface area (Å²) in [5.74, 6) is 0. The Bertz CT molecular complexity index is 209. The van der Waals surface area contributed by atoms with Crippen molar-refractivity contribution in [1.29, 1.82) is 0 Å². The molecule has 1 heterocycles. The first-order valence-corrected chi connectivity index (χ1v) is 7.92. The zero-order valence-corrected chi connectivity index (χ0v) is 12.2. The molecule has 0 aromatic rings. The van der Waals surface area contributed by atoms with Crippen molar-refractivity contribution in [3.8, 4) is 0 Å². The lowest BCUT2D eigenvalue weighted by Gasteiger charge is -2.45. The molecule has 1 atom stereocenters. The summed E-state index contributed by atoms with van der Waals surface area (Å²) in [5.41, 5.74) is 5.61. The molecule has 1 aliphatic rings. The van der Waals surface area contributed by atoms with E-state index < -0.39 is 14.0 Å². The Balaban J connectivity index is 2.92. The lowest BCUT2D eigenvalue weighted by atomic mass is 10.0. The average Bonchev–Trinajstić information content (AvgIpc) is 2.40. The molecular weight excluding hydrogens is 238 g/mol. The summed E-state index contributed by atoms with van der Waals surface area (Å²) in [4.78, 5) is 0. The zero-order chi connectivity index (χ0) is 12.8. The van der Waals surface area contributed by atoms with Crippen LogP contribution in [0.4, 0.5) is 0 Å². The van der Waals surface area contributed by atoms with Crippen molar-refractivity contribution in [1.82, 2.24) is 0 Å². The van der Waals surface area contributed by atoms with Crippen LogP contribution < -0.4 is 5.73 Å². The van der Waals surface area contributed by atoms with Gasteiger partial charge in [0, 0.05) is 27.9 Å². The highest BCUT2D eigenvalue weighted by Crippen LogP contribution is 2.38. The molecule has 0 radical (unpaired) electrons. The summed E-state index contributed by atoms with van der Waals surface area (Å²) in [7, 11) is 2.14. The molecule has 1 saturated heterocycles. The molecule has 0 aromatic carbocycles. The molecule has 0 amide bonds. The van der Waals surface area contributed by atoms with E-state index in [4.69, 9.17) is 23.7 Å². The molecule has 102 valence electrons. The van der Waals surface area contributed by atoms with Gasteiger partial charge in [0.05, 0.1) is 0 Å². The summed E-state index contributed by atoms with van der Waals surface area (Å²) in [6.07, 6.45) is 4.87. The van der Waals surface area contributed by atoms with Gasteiger partial charge in [-0.05, 0) is 38.6 Å². The second-order valence-electron chi connectivity index (χ2n) is 4.36. The van der Waals surface area contributed by atoms with E-state index in [0.717, 1.165) is 38.7 Å². The number of nitrogens with two attached hydrogens (primary N) is 1. The van der Waals surface area contributed by atoms with E-state index in [9.17, 15) is 0 Å². The molecule has 1 unspecified atom stereocenters. The van der Waals surface area contributed by atoms with Crippen LogP contribution in [0, 0.1) is 0 Å². The molecule has 6 heteroatoms. The van der Waals surface area contributed by atoms with Gasteiger partial charge in [0.1, 0.15) is 5.22 Å². The molecule has 1 aliphatic heterocycles. The maximum atomic E-state index is 6.04. The van der Waals surface area contributed by atoms with Crippen molar-refractivity contribution >= 4 is 8.80 Å². The molecule has 1 rings (SSSR count). The zero-order valence-electron chi connectivity index (χ0n) is 11.2. The Labute approximate surface area is 105 Å². The van der Waals surface area contributed by atoms with Crippen molar-refractivity contribution in [2.24, 2.45) is 5.73 Å². The van der Waals surface area contributed by atoms with Crippen LogP contribution in [0.3, 0.4) is 0 Å². The van der Waals surface area contributed by atoms with Gasteiger partial charge in [-0.15, -0.1) is 0 Å². The standard InChI is InChI=1S/C11H25NO4Si/c1-13-17(14-2,15-3)11(8-6-9-12)7-4-5-10-16-11/h4-10,12H2,1-3H3. The summed E-state index contributed by atoms with van der Waals surface area (Å²) in [5, 5.41) is -0.414. The molecule has 0 aromatic heterocycles. The normalized spacial score (nSPS) is 26.1. The van der Waals surface area contributed by atoms with E-state index in [2.05, 4.69) is 0 Å². The Morgan fingerprint density at radius 3 is 2.24 bits per heavy atom. The predicted molar refractivity (Wildman–Crippen MR) is 67.6 cm³/mol. The van der Waals surface area contributed by atoms with Crippen molar-refractivity contribution in [3.63, 3.8) is 0 Å². The quantitative estimate of drug-likeness (QED) is 0.696. The predicted octanol–water partition coefficient (Wildman–Crippen LogP) is 1.08. The Morgan fingerprint density at radius 2 is 1.82 bits per heavy atom. The van der Waals surface area contributed by atoms with Crippen LogP contribution in [-0.2, 0) is 18.0 Å². The van der Waals surface area contributed by atoms with E-state index in [1.54, 1.807) is 21.3 Å². The van der Waals surface area contributed by atoms with Gasteiger partial charge in [-0.1, -0.05) is 0 Å². The van der Waals surface area contributed by atoms with Gasteiger partial charge in [-0.3, -0.25) is 0 Å². The van der Waals surface area contributed by atoms with Gasteiger partial charge >= 0.3 is 8.80 Å². The topological polar surface area (TPSA) is 62.9 Å². The summed E-state index contributed by atoms with van der Waals surface area (Å²) >= 11 is 0. The van der Waals surface area contributed by atoms with Crippen molar-refractivity contribution in [2.75, 3.05) is 34.5 Å². The maximum absolute atomic E-state index is 6.04. The lowest BCUT2D eigenvalue weighted by Crippen LogP contribution is -2.66. The smallest absolute Gasteiger partial charge is 0.375 e. The minimum atomic E-state index is -2.78. The molecule has 5 nitrogen and oxygen atoms in total. The number of ether oxygens (including phenoxy) is 1. The van der Waals surface area contributed by atoms with Crippen molar-refractivity contribution in [3.05, 3.63) is 0 Å². The number of hydrogen-bond donors (Lipinski definition) is 1. The second-order valence-corrected chi connectivity index (χ2v) is 7.61. The lowest BCUT2D eigenvalue weighted by molar-refractivity contribution is -0.0873. The highest BCUT2D eigenvalue weighted by Gasteiger charge is 2.61. The Hall–Kier alpha value is 0.0169. The molecule has 0 bridgehead atoms. The Morgan fingerprint density at radius 1 is 1.18 bits per heavy atom. The van der Waals surface area contributed by atoms with E-state index >= 15 is 0 Å². The van der Waals surface area contributed by atoms with Crippen LogP contribution in [0.5, 0.6) is 0 Å². The van der Waals surface area contributed by atoms with Crippen LogP contribution >= 0.6 is 0 Å². The minimum Gasteiger partial charge on any atom is -0.375 e. The molecule has 1 fully saturated rings. The number of rotatable bonds is 7. The average molecular weight is 263 g/mol. The monoisotopic (exact) mass is 263 g/mol. The third-order valence-electron chi connectivity index (χ3n) is 3.50. The highest BCUT2D eigenvalue weighted by molar-refractivity contribution is 6.64. The molecule has 0 spiro atoms. The molecular formula is C11H25NO4Si. The fourth-order valence-corrected chi connectivity index (χ4v) is 5.50. The first-order valence-electron chi connectivity index (χ1n) is 6.20. The summed E-state index contributed by atoms with van der Waals surface area (Å²) in [6, 6.07) is 0.